The molecule has 2 atom stereocenters. The van der Waals surface area contributed by atoms with Crippen LogP contribution in [0.3, 0.4) is 0 Å². The molecular weight excluding hydrogens is 374 g/mol. The van der Waals surface area contributed by atoms with E-state index in [1.807, 2.05) is 0 Å². The summed E-state index contributed by atoms with van der Waals surface area (Å²) in [5.74, 6) is 0. The first kappa shape index (κ1) is 26.2. The zero-order valence-electron chi connectivity index (χ0n) is 21.4. The molecule has 0 amide bonds. The van der Waals surface area contributed by atoms with E-state index in [9.17, 15) is 0 Å². The van der Waals surface area contributed by atoms with Gasteiger partial charge in [0.1, 0.15) is 11.7 Å². The average molecular weight is 427 g/mol. The highest BCUT2D eigenvalue weighted by atomic mass is 15.2. The van der Waals surface area contributed by atoms with Crippen molar-refractivity contribution in [3.8, 4) is 0 Å². The summed E-state index contributed by atoms with van der Waals surface area (Å²) in [6.07, 6.45) is 31.7. The number of nitrogens with one attached hydrogen (secondary N) is 1. The summed E-state index contributed by atoms with van der Waals surface area (Å²) < 4.78 is 0. The molecule has 0 saturated carbocycles. The average Bonchev–Trinajstić information content (AvgIpc) is 3.26. The van der Waals surface area contributed by atoms with Crippen molar-refractivity contribution in [2.45, 2.75) is 136 Å². The number of quaternary nitrogens is 1. The van der Waals surface area contributed by atoms with E-state index < -0.39 is 0 Å². The summed E-state index contributed by atoms with van der Waals surface area (Å²) in [6, 6.07) is 0.619. The first-order chi connectivity index (χ1) is 15.2. The van der Waals surface area contributed by atoms with Gasteiger partial charge in [-0.05, 0) is 45.1 Å². The van der Waals surface area contributed by atoms with Crippen LogP contribution in [0.4, 0.5) is 0 Å². The van der Waals surface area contributed by atoms with Crippen molar-refractivity contribution in [2.75, 3.05) is 6.54 Å². The molecule has 2 aliphatic rings. The van der Waals surface area contributed by atoms with Crippen LogP contribution in [0, 0.1) is 0 Å². The Morgan fingerprint density at radius 1 is 0.774 bits per heavy atom. The topological polar surface area (TPSA) is 4.44 Å². The van der Waals surface area contributed by atoms with Gasteiger partial charge in [0.05, 0.1) is 6.54 Å². The van der Waals surface area contributed by atoms with Gasteiger partial charge in [-0.15, -0.1) is 0 Å². The molecule has 0 aromatic rings. The van der Waals surface area contributed by atoms with Crippen LogP contribution in [0.5, 0.6) is 0 Å². The predicted molar refractivity (Wildman–Crippen MR) is 139 cm³/mol. The molecule has 0 aromatic carbocycles. The second kappa shape index (κ2) is 15.7. The zero-order valence-corrected chi connectivity index (χ0v) is 21.4. The Labute approximate surface area is 194 Å². The molecule has 176 valence electrons. The van der Waals surface area contributed by atoms with Gasteiger partial charge in [-0.1, -0.05) is 102 Å². The Bertz CT molecular complexity index is 618. The number of rotatable bonds is 16. The minimum Gasteiger partial charge on any atom is -0.300 e. The second-order valence-electron chi connectivity index (χ2n) is 9.99. The fourth-order valence-corrected chi connectivity index (χ4v) is 5.44. The van der Waals surface area contributed by atoms with Crippen molar-refractivity contribution in [3.63, 3.8) is 0 Å². The summed E-state index contributed by atoms with van der Waals surface area (Å²) in [5.41, 5.74) is 6.39. The first-order valence-electron chi connectivity index (χ1n) is 13.8. The number of fused-ring (bicyclic) bond motifs is 1. The lowest BCUT2D eigenvalue weighted by molar-refractivity contribution is -0.871. The summed E-state index contributed by atoms with van der Waals surface area (Å²) in [4.78, 5) is 1.74. The molecule has 2 unspecified atom stereocenters. The highest BCUT2D eigenvalue weighted by Crippen LogP contribution is 2.29. The molecule has 1 saturated heterocycles. The van der Waals surface area contributed by atoms with E-state index in [0.717, 1.165) is 0 Å². The molecule has 1 nitrogen and oxygen atoms in total. The van der Waals surface area contributed by atoms with Crippen LogP contribution in [0.15, 0.2) is 46.7 Å². The van der Waals surface area contributed by atoms with Gasteiger partial charge in [0.25, 0.3) is 0 Å². The molecule has 2 aliphatic heterocycles. The van der Waals surface area contributed by atoms with Crippen molar-refractivity contribution < 1.29 is 4.90 Å². The van der Waals surface area contributed by atoms with Gasteiger partial charge in [-0.3, -0.25) is 4.90 Å². The van der Waals surface area contributed by atoms with Crippen LogP contribution < -0.4 is 4.90 Å². The molecule has 1 N–H and O–H groups in total. The lowest BCUT2D eigenvalue weighted by Crippen LogP contribution is -3.12. The second-order valence-corrected chi connectivity index (χ2v) is 9.99. The van der Waals surface area contributed by atoms with Crippen LogP contribution >= 0.6 is 0 Å². The lowest BCUT2D eigenvalue weighted by Gasteiger charge is -2.31. The number of allylic oxidation sites excluding steroid dienone is 6. The van der Waals surface area contributed by atoms with Gasteiger partial charge in [-0.25, -0.2) is 0 Å². The van der Waals surface area contributed by atoms with Crippen LogP contribution in [0.1, 0.15) is 130 Å². The van der Waals surface area contributed by atoms with Crippen molar-refractivity contribution in [1.29, 1.82) is 0 Å². The molecule has 0 radical (unpaired) electrons. The standard InChI is InChI=1S/C30H51N/c1-5-7-9-11-13-15-17-19-22-28-26(3)29(30-24-21-25-31(30)27(28)4)23-20-18-16-14-12-10-8-6-2/h19-20,22-23,27H,5-18,21,24-25H2,1-4H3/p+1. The quantitative estimate of drug-likeness (QED) is 0.237. The van der Waals surface area contributed by atoms with Gasteiger partial charge < -0.3 is 0 Å². The monoisotopic (exact) mass is 426 g/mol. The molecule has 2 heterocycles. The van der Waals surface area contributed by atoms with Gasteiger partial charge in [-0.2, -0.15) is 0 Å². The largest absolute Gasteiger partial charge is 0.300 e. The number of unbranched alkanes of at least 4 members (excludes halogenated alkanes) is 12. The van der Waals surface area contributed by atoms with Crippen LogP contribution in [-0.4, -0.2) is 12.6 Å². The van der Waals surface area contributed by atoms with Crippen molar-refractivity contribution in [3.05, 3.63) is 46.7 Å². The number of hydrogen-bond donors (Lipinski definition) is 1. The third kappa shape index (κ3) is 8.76. The summed E-state index contributed by atoms with van der Waals surface area (Å²) in [7, 11) is 0. The highest BCUT2D eigenvalue weighted by molar-refractivity contribution is 5.49. The fraction of sp³-hybridized carbons (Fsp3) is 0.733. The lowest BCUT2D eigenvalue weighted by atomic mass is 9.89. The molecule has 0 aromatic heterocycles. The third-order valence-corrected chi connectivity index (χ3v) is 7.44. The molecule has 0 bridgehead atoms. The Hall–Kier alpha value is -1.08. The van der Waals surface area contributed by atoms with Crippen LogP contribution in [0.25, 0.3) is 0 Å². The summed E-state index contributed by atoms with van der Waals surface area (Å²) in [6.45, 7) is 10.7. The van der Waals surface area contributed by atoms with Crippen LogP contribution in [0.2, 0.25) is 0 Å². The minimum atomic E-state index is 0.619. The fourth-order valence-electron chi connectivity index (χ4n) is 5.44. The zero-order chi connectivity index (χ0) is 22.3. The van der Waals surface area contributed by atoms with Gasteiger partial charge >= 0.3 is 0 Å². The van der Waals surface area contributed by atoms with Crippen LogP contribution in [-0.2, 0) is 0 Å². The molecule has 1 fully saturated rings. The Morgan fingerprint density at radius 2 is 1.32 bits per heavy atom. The Morgan fingerprint density at radius 3 is 1.94 bits per heavy atom. The molecule has 1 heteroatoms. The molecular formula is C30H52N+. The van der Waals surface area contributed by atoms with Gasteiger partial charge in [0, 0.05) is 24.0 Å². The van der Waals surface area contributed by atoms with Crippen molar-refractivity contribution in [1.82, 2.24) is 0 Å². The maximum Gasteiger partial charge on any atom is 0.115 e. The van der Waals surface area contributed by atoms with E-state index in [1.165, 1.54) is 109 Å². The highest BCUT2D eigenvalue weighted by Gasteiger charge is 2.36. The predicted octanol–water partition coefficient (Wildman–Crippen LogP) is 8.25. The maximum absolute atomic E-state index is 2.48. The van der Waals surface area contributed by atoms with Gasteiger partial charge in [0.15, 0.2) is 0 Å². The Kier molecular flexibility index (Phi) is 13.2. The maximum atomic E-state index is 2.48. The van der Waals surface area contributed by atoms with Gasteiger partial charge in [0.2, 0.25) is 0 Å². The van der Waals surface area contributed by atoms with E-state index in [0.29, 0.717) is 6.04 Å². The molecule has 2 rings (SSSR count). The first-order valence-corrected chi connectivity index (χ1v) is 13.8. The van der Waals surface area contributed by atoms with E-state index in [1.54, 1.807) is 27.3 Å². The molecule has 0 spiro atoms. The smallest absolute Gasteiger partial charge is 0.115 e. The van der Waals surface area contributed by atoms with E-state index >= 15 is 0 Å². The molecule has 31 heavy (non-hydrogen) atoms. The normalized spacial score (nSPS) is 21.8. The summed E-state index contributed by atoms with van der Waals surface area (Å²) >= 11 is 0. The van der Waals surface area contributed by atoms with E-state index in [2.05, 4.69) is 52.0 Å². The van der Waals surface area contributed by atoms with Crippen molar-refractivity contribution in [2.24, 2.45) is 0 Å². The van der Waals surface area contributed by atoms with E-state index in [4.69, 9.17) is 0 Å². The summed E-state index contributed by atoms with van der Waals surface area (Å²) in [5, 5.41) is 0. The Balaban J connectivity index is 1.90. The minimum absolute atomic E-state index is 0.619. The SMILES string of the molecule is CCCCCCCCC=CC1=C2CCC[NH+]2C(C)C(C=CCCCCCCCC)=C1C. The molecule has 0 aliphatic carbocycles. The van der Waals surface area contributed by atoms with Crippen molar-refractivity contribution >= 4 is 0 Å². The van der Waals surface area contributed by atoms with E-state index in [-0.39, 0.29) is 0 Å². The number of hydrogen-bond acceptors (Lipinski definition) is 0. The third-order valence-electron chi connectivity index (χ3n) is 7.44.